The van der Waals surface area contributed by atoms with Gasteiger partial charge in [0.2, 0.25) is 5.91 Å². The summed E-state index contributed by atoms with van der Waals surface area (Å²) < 4.78 is 9.45. The summed E-state index contributed by atoms with van der Waals surface area (Å²) in [5, 5.41) is 7.28. The Balaban J connectivity index is 1.47. The van der Waals surface area contributed by atoms with Gasteiger partial charge in [0.15, 0.2) is 0 Å². The maximum absolute atomic E-state index is 12.5. The zero-order valence-electron chi connectivity index (χ0n) is 13.4. The van der Waals surface area contributed by atoms with E-state index in [1.54, 1.807) is 17.2 Å². The number of para-hydroxylation sites is 2. The van der Waals surface area contributed by atoms with Crippen LogP contribution in [0.5, 0.6) is 0 Å². The first-order chi connectivity index (χ1) is 11.7. The summed E-state index contributed by atoms with van der Waals surface area (Å²) in [4.78, 5) is 16.8. The van der Waals surface area contributed by atoms with Crippen LogP contribution in [-0.4, -0.2) is 37.9 Å². The van der Waals surface area contributed by atoms with E-state index < -0.39 is 0 Å². The van der Waals surface area contributed by atoms with Crippen LogP contribution in [-0.2, 0) is 23.1 Å². The van der Waals surface area contributed by atoms with Crippen molar-refractivity contribution in [3.05, 3.63) is 48.5 Å². The van der Waals surface area contributed by atoms with E-state index in [1.807, 2.05) is 41.9 Å². The minimum absolute atomic E-state index is 0.0392. The van der Waals surface area contributed by atoms with Crippen molar-refractivity contribution in [3.63, 3.8) is 0 Å². The highest BCUT2D eigenvalue weighted by atomic mass is 16.5. The van der Waals surface area contributed by atoms with Crippen LogP contribution in [0.2, 0.25) is 0 Å². The number of hydrogen-bond acceptors (Lipinski definition) is 4. The number of ether oxygens (including phenoxy) is 1. The van der Waals surface area contributed by atoms with Crippen LogP contribution in [0.25, 0.3) is 11.0 Å². The van der Waals surface area contributed by atoms with Gasteiger partial charge >= 0.3 is 0 Å². The predicted molar refractivity (Wildman–Crippen MR) is 88.2 cm³/mol. The number of aromatic nitrogens is 4. The number of nitrogens with zero attached hydrogens (tertiary/aromatic N) is 4. The van der Waals surface area contributed by atoms with E-state index in [4.69, 9.17) is 4.74 Å². The summed E-state index contributed by atoms with van der Waals surface area (Å²) in [6.07, 6.45) is 4.09. The molecule has 7 nitrogen and oxygen atoms in total. The summed E-state index contributed by atoms with van der Waals surface area (Å²) in [6.45, 7) is 0.879. The molecule has 1 N–H and O–H groups in total. The number of benzene rings is 1. The molecule has 0 saturated carbocycles. The van der Waals surface area contributed by atoms with Crippen molar-refractivity contribution >= 4 is 16.9 Å². The van der Waals surface area contributed by atoms with Crippen molar-refractivity contribution in [1.29, 1.82) is 0 Å². The average molecular weight is 325 g/mol. The monoisotopic (exact) mass is 325 g/mol. The van der Waals surface area contributed by atoms with Crippen LogP contribution in [0, 0.1) is 0 Å². The molecule has 124 valence electrons. The minimum atomic E-state index is -0.152. The second-order valence-corrected chi connectivity index (χ2v) is 5.99. The maximum atomic E-state index is 12.5. The molecule has 1 aliphatic heterocycles. The lowest BCUT2D eigenvalue weighted by Gasteiger charge is -2.20. The number of fused-ring (bicyclic) bond motifs is 1. The maximum Gasteiger partial charge on any atom is 0.240 e. The van der Waals surface area contributed by atoms with Gasteiger partial charge in [-0.2, -0.15) is 5.10 Å². The van der Waals surface area contributed by atoms with Gasteiger partial charge in [0, 0.05) is 19.9 Å². The van der Waals surface area contributed by atoms with Crippen molar-refractivity contribution < 1.29 is 9.53 Å². The molecule has 0 radical (unpaired) electrons. The molecule has 7 heteroatoms. The largest absolute Gasteiger partial charge is 0.370 e. The molecule has 0 bridgehead atoms. The number of rotatable bonds is 4. The molecular formula is C17H19N5O2. The fourth-order valence-corrected chi connectivity index (χ4v) is 3.24. The fraction of sp³-hybridized carbons (Fsp3) is 0.353. The quantitative estimate of drug-likeness (QED) is 0.787. The smallest absolute Gasteiger partial charge is 0.240 e. The molecular weight excluding hydrogens is 306 g/mol. The average Bonchev–Trinajstić information content (AvgIpc) is 3.28. The summed E-state index contributed by atoms with van der Waals surface area (Å²) in [5.74, 6) is -0.0409. The summed E-state index contributed by atoms with van der Waals surface area (Å²) >= 11 is 0. The Morgan fingerprint density at radius 1 is 1.38 bits per heavy atom. The lowest BCUT2D eigenvalue weighted by molar-refractivity contribution is -0.122. The summed E-state index contributed by atoms with van der Waals surface area (Å²) in [6, 6.07) is 9.68. The van der Waals surface area contributed by atoms with E-state index in [2.05, 4.69) is 15.4 Å². The van der Waals surface area contributed by atoms with Gasteiger partial charge in [-0.05, 0) is 24.6 Å². The normalized spacial score (nSPS) is 20.5. The van der Waals surface area contributed by atoms with Crippen LogP contribution in [0.4, 0.5) is 0 Å². The number of amides is 1. The highest BCUT2D eigenvalue weighted by Gasteiger charge is 2.32. The number of aryl methyl sites for hydroxylation is 1. The number of nitrogens with one attached hydrogen (secondary N) is 1. The standard InChI is InChI=1S/C17H19N5O2/c1-21-15(6-8-19-21)17-13(7-9-24-17)20-16(23)10-22-11-18-12-4-2-3-5-14(12)22/h2-6,8,11,13,17H,7,9-10H2,1H3,(H,20,23)/t13-,17-/m0/s1. The molecule has 3 aromatic rings. The van der Waals surface area contributed by atoms with Gasteiger partial charge in [-0.25, -0.2) is 4.98 Å². The SMILES string of the molecule is Cn1nccc1[C@H]1OCC[C@@H]1NC(=O)Cn1cnc2ccccc21. The minimum Gasteiger partial charge on any atom is -0.370 e. The van der Waals surface area contributed by atoms with Gasteiger partial charge in [0.05, 0.1) is 29.1 Å². The van der Waals surface area contributed by atoms with Gasteiger partial charge in [-0.1, -0.05) is 12.1 Å². The van der Waals surface area contributed by atoms with Crippen molar-refractivity contribution in [2.24, 2.45) is 7.05 Å². The highest BCUT2D eigenvalue weighted by Crippen LogP contribution is 2.28. The molecule has 1 fully saturated rings. The summed E-state index contributed by atoms with van der Waals surface area (Å²) in [5.41, 5.74) is 2.83. The lowest BCUT2D eigenvalue weighted by atomic mass is 10.1. The molecule has 4 rings (SSSR count). The number of carbonyl (C=O) groups is 1. The second-order valence-electron chi connectivity index (χ2n) is 5.99. The molecule has 1 amide bonds. The second kappa shape index (κ2) is 6.09. The first-order valence-electron chi connectivity index (χ1n) is 8.01. The van der Waals surface area contributed by atoms with Crippen LogP contribution in [0.1, 0.15) is 18.2 Å². The molecule has 1 saturated heterocycles. The lowest BCUT2D eigenvalue weighted by Crippen LogP contribution is -2.39. The zero-order valence-corrected chi connectivity index (χ0v) is 13.4. The van der Waals surface area contributed by atoms with E-state index in [-0.39, 0.29) is 24.6 Å². The van der Waals surface area contributed by atoms with Crippen LogP contribution in [0.3, 0.4) is 0 Å². The molecule has 1 aromatic carbocycles. The molecule has 0 aliphatic carbocycles. The van der Waals surface area contributed by atoms with Crippen LogP contribution in [0.15, 0.2) is 42.9 Å². The highest BCUT2D eigenvalue weighted by molar-refractivity contribution is 5.80. The fourth-order valence-electron chi connectivity index (χ4n) is 3.24. The third-order valence-corrected chi connectivity index (χ3v) is 4.43. The summed E-state index contributed by atoms with van der Waals surface area (Å²) in [7, 11) is 1.88. The topological polar surface area (TPSA) is 74.0 Å². The van der Waals surface area contributed by atoms with Crippen molar-refractivity contribution in [2.75, 3.05) is 6.61 Å². The van der Waals surface area contributed by atoms with E-state index in [0.29, 0.717) is 6.61 Å². The Labute approximate surface area is 139 Å². The molecule has 2 aromatic heterocycles. The Morgan fingerprint density at radius 2 is 2.25 bits per heavy atom. The van der Waals surface area contributed by atoms with E-state index >= 15 is 0 Å². The Hall–Kier alpha value is -2.67. The van der Waals surface area contributed by atoms with Gasteiger partial charge < -0.3 is 14.6 Å². The Bertz CT molecular complexity index is 869. The third kappa shape index (κ3) is 2.67. The van der Waals surface area contributed by atoms with Crippen LogP contribution < -0.4 is 5.32 Å². The number of carbonyl (C=O) groups excluding carboxylic acids is 1. The van der Waals surface area contributed by atoms with E-state index in [9.17, 15) is 4.79 Å². The molecule has 3 heterocycles. The molecule has 0 unspecified atom stereocenters. The third-order valence-electron chi connectivity index (χ3n) is 4.43. The Kier molecular flexibility index (Phi) is 3.78. The van der Waals surface area contributed by atoms with E-state index in [0.717, 1.165) is 23.1 Å². The number of hydrogen-bond donors (Lipinski definition) is 1. The molecule has 2 atom stereocenters. The first-order valence-corrected chi connectivity index (χ1v) is 8.01. The van der Waals surface area contributed by atoms with Crippen molar-refractivity contribution in [2.45, 2.75) is 25.1 Å². The zero-order chi connectivity index (χ0) is 16.5. The van der Waals surface area contributed by atoms with Crippen molar-refractivity contribution in [1.82, 2.24) is 24.6 Å². The number of imidazole rings is 1. The van der Waals surface area contributed by atoms with Crippen molar-refractivity contribution in [3.8, 4) is 0 Å². The predicted octanol–water partition coefficient (Wildman–Crippen LogP) is 1.42. The van der Waals surface area contributed by atoms with E-state index in [1.165, 1.54) is 0 Å². The van der Waals surface area contributed by atoms with Crippen LogP contribution >= 0.6 is 0 Å². The molecule has 1 aliphatic rings. The van der Waals surface area contributed by atoms with Gasteiger partial charge in [0.1, 0.15) is 12.6 Å². The van der Waals surface area contributed by atoms with Gasteiger partial charge in [0.25, 0.3) is 0 Å². The first kappa shape index (κ1) is 14.9. The Morgan fingerprint density at radius 3 is 3.08 bits per heavy atom. The van der Waals surface area contributed by atoms with Gasteiger partial charge in [-0.3, -0.25) is 9.48 Å². The molecule has 24 heavy (non-hydrogen) atoms. The molecule has 0 spiro atoms. The van der Waals surface area contributed by atoms with Gasteiger partial charge in [-0.15, -0.1) is 0 Å².